The van der Waals surface area contributed by atoms with E-state index >= 15 is 0 Å². The molecule has 0 spiro atoms. The number of hydrogen-bond donors (Lipinski definition) is 0. The number of nitrogens with zero attached hydrogens (tertiary/aromatic N) is 2. The minimum absolute atomic E-state index is 0.357. The van der Waals surface area contributed by atoms with Gasteiger partial charge in [-0.25, -0.2) is 4.98 Å². The zero-order valence-corrected chi connectivity index (χ0v) is 9.14. The number of aryl methyl sites for hydroxylation is 1. The molecule has 0 radical (unpaired) electrons. The SMILES string of the molecule is CCc1nc(CN2CCC(=O)C2)cs1. The summed E-state index contributed by atoms with van der Waals surface area (Å²) in [6, 6.07) is 0. The van der Waals surface area contributed by atoms with Crippen molar-refractivity contribution in [2.24, 2.45) is 0 Å². The molecule has 76 valence electrons. The van der Waals surface area contributed by atoms with Crippen molar-refractivity contribution in [2.45, 2.75) is 26.3 Å². The summed E-state index contributed by atoms with van der Waals surface area (Å²) in [5.74, 6) is 0.357. The Hall–Kier alpha value is -0.740. The van der Waals surface area contributed by atoms with Gasteiger partial charge in [-0.05, 0) is 6.42 Å². The van der Waals surface area contributed by atoms with Crippen molar-refractivity contribution >= 4 is 17.1 Å². The van der Waals surface area contributed by atoms with E-state index in [1.54, 1.807) is 11.3 Å². The van der Waals surface area contributed by atoms with E-state index in [9.17, 15) is 4.79 Å². The third-order valence-corrected chi connectivity index (χ3v) is 3.44. The van der Waals surface area contributed by atoms with Gasteiger partial charge in [-0.1, -0.05) is 6.92 Å². The number of carbonyl (C=O) groups excluding carboxylic acids is 1. The monoisotopic (exact) mass is 210 g/mol. The van der Waals surface area contributed by atoms with Crippen molar-refractivity contribution < 1.29 is 4.79 Å². The molecule has 0 saturated carbocycles. The first-order valence-electron chi connectivity index (χ1n) is 4.95. The Balaban J connectivity index is 1.93. The Morgan fingerprint density at radius 2 is 2.50 bits per heavy atom. The van der Waals surface area contributed by atoms with Crippen LogP contribution in [0.3, 0.4) is 0 Å². The highest BCUT2D eigenvalue weighted by Gasteiger charge is 2.19. The summed E-state index contributed by atoms with van der Waals surface area (Å²) in [7, 11) is 0. The highest BCUT2D eigenvalue weighted by molar-refractivity contribution is 7.09. The molecule has 2 heterocycles. The van der Waals surface area contributed by atoms with Gasteiger partial charge in [0.15, 0.2) is 0 Å². The van der Waals surface area contributed by atoms with Crippen molar-refractivity contribution in [3.05, 3.63) is 16.1 Å². The molecule has 0 bridgehead atoms. The van der Waals surface area contributed by atoms with E-state index in [1.165, 1.54) is 5.01 Å². The van der Waals surface area contributed by atoms with E-state index in [0.717, 1.165) is 25.2 Å². The average Bonchev–Trinajstić information content (AvgIpc) is 2.76. The summed E-state index contributed by atoms with van der Waals surface area (Å²) in [5.41, 5.74) is 1.11. The zero-order valence-electron chi connectivity index (χ0n) is 8.32. The highest BCUT2D eigenvalue weighted by atomic mass is 32.1. The van der Waals surface area contributed by atoms with E-state index in [-0.39, 0.29) is 0 Å². The molecule has 0 N–H and O–H groups in total. The predicted molar refractivity (Wildman–Crippen MR) is 56.4 cm³/mol. The van der Waals surface area contributed by atoms with Crippen LogP contribution in [-0.2, 0) is 17.8 Å². The molecule has 0 atom stereocenters. The molecule has 2 rings (SSSR count). The van der Waals surface area contributed by atoms with Crippen molar-refractivity contribution in [2.75, 3.05) is 13.1 Å². The Labute approximate surface area is 87.8 Å². The van der Waals surface area contributed by atoms with E-state index in [1.807, 2.05) is 0 Å². The highest BCUT2D eigenvalue weighted by Crippen LogP contribution is 2.14. The fourth-order valence-corrected chi connectivity index (χ4v) is 2.37. The summed E-state index contributed by atoms with van der Waals surface area (Å²) < 4.78 is 0. The number of rotatable bonds is 3. The predicted octanol–water partition coefficient (Wildman–Crippen LogP) is 1.48. The maximum Gasteiger partial charge on any atom is 0.148 e. The van der Waals surface area contributed by atoms with Gasteiger partial charge in [-0.15, -0.1) is 11.3 Å². The molecule has 0 unspecified atom stereocenters. The quantitative estimate of drug-likeness (QED) is 0.757. The molecule has 0 aliphatic carbocycles. The van der Waals surface area contributed by atoms with Crippen LogP contribution in [0.4, 0.5) is 0 Å². The number of thiazole rings is 1. The van der Waals surface area contributed by atoms with Gasteiger partial charge < -0.3 is 0 Å². The molecule has 0 amide bonds. The Bertz CT molecular complexity index is 335. The van der Waals surface area contributed by atoms with Crippen LogP contribution in [0.25, 0.3) is 0 Å². The Morgan fingerprint density at radius 1 is 1.64 bits per heavy atom. The molecule has 1 saturated heterocycles. The molecule has 14 heavy (non-hydrogen) atoms. The van der Waals surface area contributed by atoms with Gasteiger partial charge in [0.1, 0.15) is 5.78 Å². The first-order chi connectivity index (χ1) is 6.78. The van der Waals surface area contributed by atoms with Gasteiger partial charge in [0.2, 0.25) is 0 Å². The maximum atomic E-state index is 11.0. The molecule has 1 aliphatic rings. The largest absolute Gasteiger partial charge is 0.298 e. The lowest BCUT2D eigenvalue weighted by Crippen LogP contribution is -2.20. The van der Waals surface area contributed by atoms with Gasteiger partial charge in [0, 0.05) is 24.9 Å². The smallest absolute Gasteiger partial charge is 0.148 e. The maximum absolute atomic E-state index is 11.0. The summed E-state index contributed by atoms with van der Waals surface area (Å²) >= 11 is 1.71. The van der Waals surface area contributed by atoms with Gasteiger partial charge >= 0.3 is 0 Å². The first-order valence-corrected chi connectivity index (χ1v) is 5.83. The standard InChI is InChI=1S/C10H14N2OS/c1-2-10-11-8(7-14-10)5-12-4-3-9(13)6-12/h7H,2-6H2,1H3. The lowest BCUT2D eigenvalue weighted by molar-refractivity contribution is -0.116. The zero-order chi connectivity index (χ0) is 9.97. The van der Waals surface area contributed by atoms with Crippen molar-refractivity contribution in [3.8, 4) is 0 Å². The molecule has 3 nitrogen and oxygen atoms in total. The number of carbonyl (C=O) groups is 1. The second-order valence-corrected chi connectivity index (χ2v) is 4.53. The minimum Gasteiger partial charge on any atom is -0.298 e. The number of Topliss-reactive ketones (excluding diaryl/α,β-unsaturated/α-hetero) is 1. The average molecular weight is 210 g/mol. The third-order valence-electron chi connectivity index (χ3n) is 2.39. The number of ketones is 1. The fraction of sp³-hybridized carbons (Fsp3) is 0.600. The van der Waals surface area contributed by atoms with Crippen LogP contribution in [-0.4, -0.2) is 28.8 Å². The summed E-state index contributed by atoms with van der Waals surface area (Å²) in [6.07, 6.45) is 1.72. The van der Waals surface area contributed by atoms with E-state index in [0.29, 0.717) is 18.7 Å². The summed E-state index contributed by atoms with van der Waals surface area (Å²) in [4.78, 5) is 17.7. The Morgan fingerprint density at radius 3 is 3.07 bits per heavy atom. The lowest BCUT2D eigenvalue weighted by atomic mass is 10.4. The molecule has 0 aromatic carbocycles. The van der Waals surface area contributed by atoms with Crippen LogP contribution >= 0.6 is 11.3 Å². The normalized spacial score (nSPS) is 17.9. The van der Waals surface area contributed by atoms with Gasteiger partial charge in [0.05, 0.1) is 17.2 Å². The summed E-state index contributed by atoms with van der Waals surface area (Å²) in [5, 5.41) is 3.28. The van der Waals surface area contributed by atoms with Crippen LogP contribution in [0.1, 0.15) is 24.0 Å². The third kappa shape index (κ3) is 2.19. The summed E-state index contributed by atoms with van der Waals surface area (Å²) in [6.45, 7) is 4.46. The van der Waals surface area contributed by atoms with Crippen LogP contribution in [0.2, 0.25) is 0 Å². The van der Waals surface area contributed by atoms with Gasteiger partial charge in [-0.2, -0.15) is 0 Å². The van der Waals surface area contributed by atoms with Gasteiger partial charge in [0.25, 0.3) is 0 Å². The molecule has 4 heteroatoms. The number of likely N-dealkylation sites (tertiary alicyclic amines) is 1. The fourth-order valence-electron chi connectivity index (χ4n) is 1.64. The second-order valence-electron chi connectivity index (χ2n) is 3.59. The van der Waals surface area contributed by atoms with Crippen LogP contribution in [0.5, 0.6) is 0 Å². The van der Waals surface area contributed by atoms with E-state index < -0.39 is 0 Å². The number of aromatic nitrogens is 1. The van der Waals surface area contributed by atoms with Crippen molar-refractivity contribution in [1.82, 2.24) is 9.88 Å². The number of hydrogen-bond acceptors (Lipinski definition) is 4. The van der Waals surface area contributed by atoms with Crippen LogP contribution < -0.4 is 0 Å². The molecule has 1 fully saturated rings. The van der Waals surface area contributed by atoms with Crippen molar-refractivity contribution in [3.63, 3.8) is 0 Å². The minimum atomic E-state index is 0.357. The van der Waals surface area contributed by atoms with E-state index in [4.69, 9.17) is 0 Å². The van der Waals surface area contributed by atoms with Crippen LogP contribution in [0.15, 0.2) is 5.38 Å². The molecular weight excluding hydrogens is 196 g/mol. The first kappa shape index (κ1) is 9.80. The Kier molecular flexibility index (Phi) is 2.93. The van der Waals surface area contributed by atoms with Crippen LogP contribution in [0, 0.1) is 0 Å². The topological polar surface area (TPSA) is 33.2 Å². The lowest BCUT2D eigenvalue weighted by Gasteiger charge is -2.10. The molecule has 1 aliphatic heterocycles. The van der Waals surface area contributed by atoms with Gasteiger partial charge in [-0.3, -0.25) is 9.69 Å². The second kappa shape index (κ2) is 4.19. The molecular formula is C10H14N2OS. The molecule has 1 aromatic heterocycles. The van der Waals surface area contributed by atoms with E-state index in [2.05, 4.69) is 22.2 Å². The molecule has 1 aromatic rings. The van der Waals surface area contributed by atoms with Crippen molar-refractivity contribution in [1.29, 1.82) is 0 Å².